The van der Waals surface area contributed by atoms with Gasteiger partial charge in [0.2, 0.25) is 11.8 Å². The second-order valence-electron chi connectivity index (χ2n) is 5.09. The second-order valence-corrected chi connectivity index (χ2v) is 5.09. The Morgan fingerprint density at radius 2 is 2.25 bits per heavy atom. The summed E-state index contributed by atoms with van der Waals surface area (Å²) in [6, 6.07) is 5.67. The summed E-state index contributed by atoms with van der Waals surface area (Å²) in [7, 11) is 3.24. The van der Waals surface area contributed by atoms with Crippen LogP contribution in [-0.2, 0) is 16.1 Å². The number of pyridine rings is 1. The zero-order chi connectivity index (χ0) is 14.5. The Balaban J connectivity index is 2.01. The highest BCUT2D eigenvalue weighted by Gasteiger charge is 2.36. The van der Waals surface area contributed by atoms with E-state index in [1.807, 2.05) is 18.2 Å². The van der Waals surface area contributed by atoms with Crippen LogP contribution in [0.2, 0.25) is 0 Å². The van der Waals surface area contributed by atoms with Crippen LogP contribution in [0.3, 0.4) is 0 Å². The molecule has 0 bridgehead atoms. The first kappa shape index (κ1) is 14.7. The number of hydrogen-bond acceptors (Lipinski definition) is 5. The van der Waals surface area contributed by atoms with Crippen LogP contribution in [0.15, 0.2) is 18.2 Å². The van der Waals surface area contributed by atoms with E-state index in [9.17, 15) is 4.79 Å². The molecule has 0 aliphatic carbocycles. The topological polar surface area (TPSA) is 77.7 Å². The minimum absolute atomic E-state index is 0.152. The van der Waals surface area contributed by atoms with E-state index in [1.165, 1.54) is 0 Å². The van der Waals surface area contributed by atoms with Gasteiger partial charge in [-0.1, -0.05) is 6.07 Å². The lowest BCUT2D eigenvalue weighted by atomic mass is 9.96. The molecule has 110 valence electrons. The summed E-state index contributed by atoms with van der Waals surface area (Å²) < 4.78 is 10.3. The van der Waals surface area contributed by atoms with E-state index in [4.69, 9.17) is 15.2 Å². The highest BCUT2D eigenvalue weighted by molar-refractivity contribution is 5.77. The number of aromatic nitrogens is 1. The fraction of sp³-hybridized carbons (Fsp3) is 0.571. The number of hydrogen-bond donors (Lipinski definition) is 1. The monoisotopic (exact) mass is 279 g/mol. The summed E-state index contributed by atoms with van der Waals surface area (Å²) in [5, 5.41) is 0. The standard InChI is InChI=1S/C14H21N3O3/c1-19-9-10-6-17(8-12(10)14(15)18)7-11-4-3-5-13(16-11)20-2/h3-5,10,12H,6-9H2,1-2H3,(H2,15,18)/t10-,12+/m0/s1. The van der Waals surface area contributed by atoms with Gasteiger partial charge in [0.15, 0.2) is 0 Å². The number of carbonyl (C=O) groups excluding carboxylic acids is 1. The van der Waals surface area contributed by atoms with E-state index in [0.29, 0.717) is 25.6 Å². The van der Waals surface area contributed by atoms with Crippen molar-refractivity contribution in [3.63, 3.8) is 0 Å². The van der Waals surface area contributed by atoms with Crippen LogP contribution in [0.5, 0.6) is 5.88 Å². The fourth-order valence-electron chi connectivity index (χ4n) is 2.68. The summed E-state index contributed by atoms with van der Waals surface area (Å²) >= 11 is 0. The first-order valence-electron chi connectivity index (χ1n) is 6.64. The number of amides is 1. The minimum atomic E-state index is -0.256. The molecule has 0 unspecified atom stereocenters. The first-order valence-corrected chi connectivity index (χ1v) is 6.64. The Labute approximate surface area is 118 Å². The van der Waals surface area contributed by atoms with Crippen molar-refractivity contribution in [2.45, 2.75) is 6.54 Å². The van der Waals surface area contributed by atoms with E-state index in [1.54, 1.807) is 14.2 Å². The van der Waals surface area contributed by atoms with E-state index < -0.39 is 0 Å². The van der Waals surface area contributed by atoms with Gasteiger partial charge in [0, 0.05) is 38.7 Å². The van der Waals surface area contributed by atoms with Crippen molar-refractivity contribution < 1.29 is 14.3 Å². The molecule has 20 heavy (non-hydrogen) atoms. The molecule has 0 spiro atoms. The summed E-state index contributed by atoms with van der Waals surface area (Å²) in [4.78, 5) is 18.1. The maximum atomic E-state index is 11.5. The Morgan fingerprint density at radius 1 is 1.45 bits per heavy atom. The normalized spacial score (nSPS) is 22.9. The number of carbonyl (C=O) groups is 1. The summed E-state index contributed by atoms with van der Waals surface area (Å²) in [6.07, 6.45) is 0. The van der Waals surface area contributed by atoms with Crippen LogP contribution in [-0.4, -0.2) is 49.7 Å². The van der Waals surface area contributed by atoms with Crippen molar-refractivity contribution >= 4 is 5.91 Å². The molecule has 1 aromatic heterocycles. The highest BCUT2D eigenvalue weighted by atomic mass is 16.5. The summed E-state index contributed by atoms with van der Waals surface area (Å²) in [6.45, 7) is 2.68. The van der Waals surface area contributed by atoms with E-state index in [2.05, 4.69) is 9.88 Å². The third-order valence-corrected chi connectivity index (χ3v) is 3.64. The SMILES string of the molecule is COC[C@@H]1CN(Cc2cccc(OC)n2)C[C@H]1C(N)=O. The molecule has 2 N–H and O–H groups in total. The average Bonchev–Trinajstić information content (AvgIpc) is 2.82. The molecule has 6 nitrogen and oxygen atoms in total. The Bertz CT molecular complexity index is 467. The number of nitrogens with zero attached hydrogens (tertiary/aromatic N) is 2. The molecule has 0 aromatic carbocycles. The Hall–Kier alpha value is -1.66. The number of rotatable bonds is 6. The lowest BCUT2D eigenvalue weighted by molar-refractivity contribution is -0.123. The van der Waals surface area contributed by atoms with Gasteiger partial charge in [0.1, 0.15) is 0 Å². The Kier molecular flexibility index (Phi) is 4.92. The lowest BCUT2D eigenvalue weighted by Gasteiger charge is -2.15. The molecule has 1 saturated heterocycles. The molecule has 0 saturated carbocycles. The summed E-state index contributed by atoms with van der Waals surface area (Å²) in [5.74, 6) is 0.346. The predicted octanol–water partition coefficient (Wildman–Crippen LogP) is 0.270. The van der Waals surface area contributed by atoms with Gasteiger partial charge < -0.3 is 15.2 Å². The molecule has 6 heteroatoms. The van der Waals surface area contributed by atoms with E-state index >= 15 is 0 Å². The zero-order valence-electron chi connectivity index (χ0n) is 11.9. The smallest absolute Gasteiger partial charge is 0.222 e. The van der Waals surface area contributed by atoms with Crippen molar-refractivity contribution in [1.29, 1.82) is 0 Å². The van der Waals surface area contributed by atoms with Gasteiger partial charge in [-0.15, -0.1) is 0 Å². The van der Waals surface area contributed by atoms with Crippen molar-refractivity contribution in [2.24, 2.45) is 17.6 Å². The van der Waals surface area contributed by atoms with Crippen LogP contribution in [0.1, 0.15) is 5.69 Å². The molecular weight excluding hydrogens is 258 g/mol. The van der Waals surface area contributed by atoms with Gasteiger partial charge >= 0.3 is 0 Å². The summed E-state index contributed by atoms with van der Waals surface area (Å²) in [5.41, 5.74) is 6.38. The maximum Gasteiger partial charge on any atom is 0.222 e. The van der Waals surface area contributed by atoms with Gasteiger partial charge in [0.05, 0.1) is 25.3 Å². The molecule has 1 fully saturated rings. The van der Waals surface area contributed by atoms with Crippen LogP contribution < -0.4 is 10.5 Å². The van der Waals surface area contributed by atoms with Gasteiger partial charge in [-0.2, -0.15) is 0 Å². The van der Waals surface area contributed by atoms with Crippen LogP contribution in [0, 0.1) is 11.8 Å². The van der Waals surface area contributed by atoms with Gasteiger partial charge in [-0.25, -0.2) is 4.98 Å². The number of methoxy groups -OCH3 is 2. The molecular formula is C14H21N3O3. The zero-order valence-corrected chi connectivity index (χ0v) is 11.9. The Morgan fingerprint density at radius 3 is 2.90 bits per heavy atom. The third-order valence-electron chi connectivity index (χ3n) is 3.64. The van der Waals surface area contributed by atoms with Gasteiger partial charge in [-0.3, -0.25) is 9.69 Å². The van der Waals surface area contributed by atoms with Crippen molar-refractivity contribution in [3.05, 3.63) is 23.9 Å². The lowest BCUT2D eigenvalue weighted by Crippen LogP contribution is -2.31. The molecule has 1 aliphatic rings. The number of likely N-dealkylation sites (tertiary alicyclic amines) is 1. The number of primary amides is 1. The van der Waals surface area contributed by atoms with Crippen LogP contribution in [0.25, 0.3) is 0 Å². The van der Waals surface area contributed by atoms with E-state index in [-0.39, 0.29) is 17.7 Å². The van der Waals surface area contributed by atoms with Crippen molar-refractivity contribution in [1.82, 2.24) is 9.88 Å². The first-order chi connectivity index (χ1) is 9.63. The number of ether oxygens (including phenoxy) is 2. The molecule has 1 amide bonds. The molecule has 2 rings (SSSR count). The van der Waals surface area contributed by atoms with E-state index in [0.717, 1.165) is 12.2 Å². The largest absolute Gasteiger partial charge is 0.481 e. The van der Waals surface area contributed by atoms with Gasteiger partial charge in [-0.05, 0) is 6.07 Å². The van der Waals surface area contributed by atoms with Crippen molar-refractivity contribution in [2.75, 3.05) is 33.9 Å². The molecule has 2 heterocycles. The van der Waals surface area contributed by atoms with Crippen LogP contribution >= 0.6 is 0 Å². The highest BCUT2D eigenvalue weighted by Crippen LogP contribution is 2.25. The quantitative estimate of drug-likeness (QED) is 0.808. The molecule has 2 atom stereocenters. The second kappa shape index (κ2) is 6.67. The minimum Gasteiger partial charge on any atom is -0.481 e. The molecule has 1 aromatic rings. The number of nitrogens with two attached hydrogens (primary N) is 1. The average molecular weight is 279 g/mol. The van der Waals surface area contributed by atoms with Crippen molar-refractivity contribution in [3.8, 4) is 5.88 Å². The van der Waals surface area contributed by atoms with Gasteiger partial charge in [0.25, 0.3) is 0 Å². The predicted molar refractivity (Wildman–Crippen MR) is 74.1 cm³/mol. The van der Waals surface area contributed by atoms with Crippen LogP contribution in [0.4, 0.5) is 0 Å². The third kappa shape index (κ3) is 3.46. The fourth-order valence-corrected chi connectivity index (χ4v) is 2.68. The maximum absolute atomic E-state index is 11.5. The molecule has 0 radical (unpaired) electrons. The molecule has 1 aliphatic heterocycles.